The number of H-pyrrole nitrogens is 1. The molecule has 2 aromatic heterocycles. The summed E-state index contributed by atoms with van der Waals surface area (Å²) < 4.78 is 14.1. The maximum atomic E-state index is 12.2. The molecule has 1 fully saturated rings. The van der Waals surface area contributed by atoms with E-state index in [-0.39, 0.29) is 17.1 Å². The van der Waals surface area contributed by atoms with Crippen molar-refractivity contribution in [3.63, 3.8) is 0 Å². The molecule has 1 aliphatic rings. The SMILES string of the molecule is C[SiH](C)[C@]1(n2cnc3c(=O)[nH]c(N)nc32)C[C@H](OC(C)(C)C)[C@@](C=O)(CO)O1. The molecule has 0 spiro atoms. The number of imidazole rings is 1. The Morgan fingerprint density at radius 3 is 2.75 bits per heavy atom. The zero-order valence-corrected chi connectivity index (χ0v) is 17.9. The van der Waals surface area contributed by atoms with Gasteiger partial charge in [-0.05, 0) is 20.8 Å². The first-order valence-electron chi connectivity index (χ1n) is 9.16. The van der Waals surface area contributed by atoms with E-state index in [1.54, 1.807) is 4.57 Å². The zero-order valence-electron chi connectivity index (χ0n) is 16.7. The van der Waals surface area contributed by atoms with Gasteiger partial charge in [0.1, 0.15) is 11.5 Å². The van der Waals surface area contributed by atoms with Crippen molar-refractivity contribution in [2.75, 3.05) is 12.3 Å². The van der Waals surface area contributed by atoms with E-state index in [4.69, 9.17) is 15.2 Å². The molecule has 2 aromatic rings. The largest absolute Gasteiger partial charge is 0.393 e. The van der Waals surface area contributed by atoms with Crippen LogP contribution in [0.15, 0.2) is 11.1 Å². The molecule has 3 heterocycles. The number of hydrogen-bond donors (Lipinski definition) is 3. The fourth-order valence-corrected chi connectivity index (χ4v) is 5.58. The molecule has 0 aliphatic carbocycles. The van der Waals surface area contributed by atoms with Crippen molar-refractivity contribution in [3.05, 3.63) is 16.7 Å². The van der Waals surface area contributed by atoms with Gasteiger partial charge in [-0.1, -0.05) is 13.1 Å². The molecule has 10 nitrogen and oxygen atoms in total. The number of aliphatic hydroxyl groups excluding tert-OH is 1. The third-order valence-electron chi connectivity index (χ3n) is 5.07. The van der Waals surface area contributed by atoms with Crippen LogP contribution in [0.25, 0.3) is 11.2 Å². The van der Waals surface area contributed by atoms with E-state index < -0.39 is 43.6 Å². The van der Waals surface area contributed by atoms with Crippen molar-refractivity contribution in [3.8, 4) is 0 Å². The Hall–Kier alpha value is -2.08. The molecule has 0 saturated carbocycles. The highest BCUT2D eigenvalue weighted by Gasteiger charge is 2.60. The summed E-state index contributed by atoms with van der Waals surface area (Å²) in [5.41, 5.74) is 3.61. The van der Waals surface area contributed by atoms with Crippen molar-refractivity contribution >= 4 is 32.2 Å². The summed E-state index contributed by atoms with van der Waals surface area (Å²) in [5.74, 6) is -0.0379. The lowest BCUT2D eigenvalue weighted by molar-refractivity contribution is -0.176. The lowest BCUT2D eigenvalue weighted by Gasteiger charge is -2.36. The Bertz CT molecular complexity index is 952. The van der Waals surface area contributed by atoms with Crippen LogP contribution in [0.4, 0.5) is 5.95 Å². The first kappa shape index (κ1) is 20.6. The number of aromatic nitrogens is 4. The molecule has 11 heteroatoms. The van der Waals surface area contributed by atoms with Crippen LogP contribution in [-0.2, 0) is 19.6 Å². The summed E-state index contributed by atoms with van der Waals surface area (Å²) in [6, 6.07) is 0. The number of nitrogens with zero attached hydrogens (tertiary/aromatic N) is 3. The average molecular weight is 410 g/mol. The molecule has 3 atom stereocenters. The van der Waals surface area contributed by atoms with Gasteiger partial charge in [-0.3, -0.25) is 19.1 Å². The van der Waals surface area contributed by atoms with Gasteiger partial charge in [0.2, 0.25) is 5.95 Å². The lowest BCUT2D eigenvalue weighted by atomic mass is 9.98. The summed E-state index contributed by atoms with van der Waals surface area (Å²) in [6.45, 7) is 9.20. The van der Waals surface area contributed by atoms with Gasteiger partial charge < -0.3 is 20.3 Å². The lowest BCUT2D eigenvalue weighted by Crippen LogP contribution is -2.51. The minimum absolute atomic E-state index is 0.0379. The normalized spacial score (nSPS) is 28.3. The quantitative estimate of drug-likeness (QED) is 0.459. The molecular formula is C17H27N5O5Si. The highest BCUT2D eigenvalue weighted by molar-refractivity contribution is 6.58. The molecule has 0 unspecified atom stereocenters. The monoisotopic (exact) mass is 409 g/mol. The molecule has 3 rings (SSSR count). The molecule has 0 radical (unpaired) electrons. The van der Waals surface area contributed by atoms with Crippen LogP contribution in [0.5, 0.6) is 0 Å². The van der Waals surface area contributed by atoms with E-state index >= 15 is 0 Å². The van der Waals surface area contributed by atoms with Crippen LogP contribution in [0.1, 0.15) is 27.2 Å². The molecule has 1 aliphatic heterocycles. The minimum Gasteiger partial charge on any atom is -0.393 e. The minimum atomic E-state index is -1.75. The Balaban J connectivity index is 2.21. The van der Waals surface area contributed by atoms with E-state index in [1.807, 2.05) is 20.8 Å². The van der Waals surface area contributed by atoms with Gasteiger partial charge >= 0.3 is 0 Å². The van der Waals surface area contributed by atoms with E-state index in [0.717, 1.165) is 0 Å². The Morgan fingerprint density at radius 2 is 2.21 bits per heavy atom. The van der Waals surface area contributed by atoms with Crippen LogP contribution in [-0.4, -0.2) is 63.6 Å². The molecule has 154 valence electrons. The number of carbonyl (C=O) groups is 1. The number of carbonyl (C=O) groups excluding carboxylic acids is 1. The van der Waals surface area contributed by atoms with Crippen molar-refractivity contribution in [1.29, 1.82) is 0 Å². The van der Waals surface area contributed by atoms with Crippen LogP contribution < -0.4 is 11.3 Å². The number of anilines is 1. The highest BCUT2D eigenvalue weighted by atomic mass is 28.3. The fourth-order valence-electron chi connectivity index (χ4n) is 3.70. The number of aliphatic hydroxyl groups is 1. The van der Waals surface area contributed by atoms with E-state index in [0.29, 0.717) is 12.7 Å². The van der Waals surface area contributed by atoms with Gasteiger partial charge in [-0.25, -0.2) is 4.98 Å². The van der Waals surface area contributed by atoms with Gasteiger partial charge in [0.15, 0.2) is 23.1 Å². The summed E-state index contributed by atoms with van der Waals surface area (Å²) >= 11 is 0. The van der Waals surface area contributed by atoms with Crippen LogP contribution in [0.3, 0.4) is 0 Å². The summed E-state index contributed by atoms with van der Waals surface area (Å²) in [7, 11) is -1.75. The van der Waals surface area contributed by atoms with E-state index in [1.165, 1.54) is 6.33 Å². The number of aldehydes is 1. The van der Waals surface area contributed by atoms with Crippen molar-refractivity contribution in [2.45, 2.75) is 62.9 Å². The smallest absolute Gasteiger partial charge is 0.280 e. The maximum absolute atomic E-state index is 12.2. The van der Waals surface area contributed by atoms with Gasteiger partial charge in [0.05, 0.1) is 27.3 Å². The summed E-state index contributed by atoms with van der Waals surface area (Å²) in [5, 5.41) is 9.08. The number of rotatable bonds is 5. The first-order chi connectivity index (χ1) is 13.0. The summed E-state index contributed by atoms with van der Waals surface area (Å²) in [4.78, 5) is 35.1. The highest BCUT2D eigenvalue weighted by Crippen LogP contribution is 2.45. The van der Waals surface area contributed by atoms with E-state index in [2.05, 4.69) is 28.0 Å². The third-order valence-corrected chi connectivity index (χ3v) is 7.50. The van der Waals surface area contributed by atoms with E-state index in [9.17, 15) is 14.7 Å². The van der Waals surface area contributed by atoms with Gasteiger partial charge in [0.25, 0.3) is 5.56 Å². The molecule has 0 bridgehead atoms. The van der Waals surface area contributed by atoms with Crippen molar-refractivity contribution < 1.29 is 19.4 Å². The molecule has 0 aromatic carbocycles. The van der Waals surface area contributed by atoms with Crippen LogP contribution >= 0.6 is 0 Å². The van der Waals surface area contributed by atoms with Crippen molar-refractivity contribution in [1.82, 2.24) is 19.5 Å². The second-order valence-electron chi connectivity index (χ2n) is 8.49. The average Bonchev–Trinajstić information content (AvgIpc) is 3.14. The number of aromatic amines is 1. The van der Waals surface area contributed by atoms with Gasteiger partial charge in [-0.2, -0.15) is 4.98 Å². The molecule has 28 heavy (non-hydrogen) atoms. The molecular weight excluding hydrogens is 382 g/mol. The predicted octanol–water partition coefficient (Wildman–Crippen LogP) is -0.0855. The molecule has 0 amide bonds. The maximum Gasteiger partial charge on any atom is 0.280 e. The van der Waals surface area contributed by atoms with Gasteiger partial charge in [0, 0.05) is 6.42 Å². The Morgan fingerprint density at radius 1 is 1.54 bits per heavy atom. The number of fused-ring (bicyclic) bond motifs is 1. The predicted molar refractivity (Wildman–Crippen MR) is 106 cm³/mol. The van der Waals surface area contributed by atoms with Crippen LogP contribution in [0, 0.1) is 0 Å². The fraction of sp³-hybridized carbons (Fsp3) is 0.647. The number of nitrogen functional groups attached to an aromatic ring is 1. The number of hydrogen-bond acceptors (Lipinski definition) is 8. The molecule has 4 N–H and O–H groups in total. The van der Waals surface area contributed by atoms with Crippen molar-refractivity contribution in [2.24, 2.45) is 0 Å². The number of nitrogens with two attached hydrogens (primary N) is 1. The Kier molecular flexibility index (Phi) is 4.98. The first-order valence-corrected chi connectivity index (χ1v) is 12.1. The second kappa shape index (κ2) is 6.76. The number of nitrogens with one attached hydrogen (secondary N) is 1. The van der Waals surface area contributed by atoms with Crippen LogP contribution in [0.2, 0.25) is 13.1 Å². The summed E-state index contributed by atoms with van der Waals surface area (Å²) in [6.07, 6.45) is 1.72. The standard InChI is InChI=1S/C17H27N5O5Si/c1-15(2,3)26-10-6-17(28(4)5,27-16(10,7-23)8-24)22-9-19-11-12(22)20-14(18)21-13(11)25/h7,9-10,24,28H,6,8H2,1-5H3,(H3,18,20,21,25)/t10-,16+,17-/m0/s1. The number of ether oxygens (including phenoxy) is 2. The zero-order chi connectivity index (χ0) is 20.9. The topological polar surface area (TPSA) is 145 Å². The third kappa shape index (κ3) is 3.17. The second-order valence-corrected chi connectivity index (χ2v) is 11.7. The Labute approximate surface area is 163 Å². The molecule has 1 saturated heterocycles. The van der Waals surface area contributed by atoms with Gasteiger partial charge in [-0.15, -0.1) is 0 Å².